The van der Waals surface area contributed by atoms with Crippen molar-refractivity contribution in [3.63, 3.8) is 0 Å². The number of nitrogens with zero attached hydrogens (tertiary/aromatic N) is 1. The van der Waals surface area contributed by atoms with Gasteiger partial charge in [0.1, 0.15) is 0 Å². The summed E-state index contributed by atoms with van der Waals surface area (Å²) in [5, 5.41) is 2.89. The predicted octanol–water partition coefficient (Wildman–Crippen LogP) is 2.79. The van der Waals surface area contributed by atoms with Crippen molar-refractivity contribution in [2.75, 3.05) is 5.32 Å². The summed E-state index contributed by atoms with van der Waals surface area (Å²) in [4.78, 5) is 19.3. The minimum Gasteiger partial charge on any atom is -0.345 e. The van der Waals surface area contributed by atoms with Gasteiger partial charge in [0.05, 0.1) is 18.2 Å². The highest BCUT2D eigenvalue weighted by Crippen LogP contribution is 2.20. The number of imidazole rings is 1. The van der Waals surface area contributed by atoms with E-state index in [2.05, 4.69) is 15.3 Å². The number of aromatic nitrogens is 2. The average Bonchev–Trinajstić information content (AvgIpc) is 3.10. The first-order valence-corrected chi connectivity index (χ1v) is 6.95. The molecule has 0 aliphatic heterocycles. The zero-order valence-electron chi connectivity index (χ0n) is 11.9. The van der Waals surface area contributed by atoms with Crippen molar-refractivity contribution in [1.29, 1.82) is 0 Å². The number of H-pyrrole nitrogens is 1. The number of hydrogen-bond acceptors (Lipinski definition) is 3. The third kappa shape index (κ3) is 3.05. The molecule has 3 aromatic rings. The molecule has 22 heavy (non-hydrogen) atoms. The van der Waals surface area contributed by atoms with Crippen molar-refractivity contribution in [1.82, 2.24) is 9.97 Å². The maximum atomic E-state index is 12.2. The second-order valence-electron chi connectivity index (χ2n) is 4.90. The Kier molecular flexibility index (Phi) is 3.98. The molecule has 3 rings (SSSR count). The van der Waals surface area contributed by atoms with E-state index in [0.717, 1.165) is 22.5 Å². The fourth-order valence-electron chi connectivity index (χ4n) is 2.17. The van der Waals surface area contributed by atoms with Gasteiger partial charge in [0, 0.05) is 23.4 Å². The first-order chi connectivity index (χ1) is 10.8. The van der Waals surface area contributed by atoms with Gasteiger partial charge in [-0.1, -0.05) is 24.3 Å². The Labute approximate surface area is 128 Å². The molecule has 0 bridgehead atoms. The molecule has 0 aliphatic carbocycles. The lowest BCUT2D eigenvalue weighted by atomic mass is 10.1. The Morgan fingerprint density at radius 2 is 2.00 bits per heavy atom. The van der Waals surface area contributed by atoms with Crippen LogP contribution in [0.15, 0.2) is 61.1 Å². The van der Waals surface area contributed by atoms with Gasteiger partial charge in [0.2, 0.25) is 0 Å². The molecule has 0 fully saturated rings. The van der Waals surface area contributed by atoms with E-state index in [1.807, 2.05) is 36.4 Å². The molecule has 1 amide bonds. The van der Waals surface area contributed by atoms with E-state index in [0.29, 0.717) is 12.1 Å². The largest absolute Gasteiger partial charge is 0.345 e. The second-order valence-corrected chi connectivity index (χ2v) is 4.90. The van der Waals surface area contributed by atoms with Gasteiger partial charge in [-0.15, -0.1) is 0 Å². The lowest BCUT2D eigenvalue weighted by Gasteiger charge is -2.07. The van der Waals surface area contributed by atoms with Gasteiger partial charge in [-0.05, 0) is 29.8 Å². The van der Waals surface area contributed by atoms with Crippen LogP contribution < -0.4 is 11.1 Å². The lowest BCUT2D eigenvalue weighted by Crippen LogP contribution is -2.12. The van der Waals surface area contributed by atoms with Crippen molar-refractivity contribution in [2.24, 2.45) is 5.73 Å². The van der Waals surface area contributed by atoms with Crippen LogP contribution in [0.1, 0.15) is 15.9 Å². The van der Waals surface area contributed by atoms with Gasteiger partial charge in [-0.3, -0.25) is 4.79 Å². The van der Waals surface area contributed by atoms with Gasteiger partial charge in [0.15, 0.2) is 0 Å². The minimum atomic E-state index is -0.148. The summed E-state index contributed by atoms with van der Waals surface area (Å²) >= 11 is 0. The van der Waals surface area contributed by atoms with Crippen molar-refractivity contribution in [3.8, 4) is 11.3 Å². The van der Waals surface area contributed by atoms with Crippen molar-refractivity contribution >= 4 is 11.6 Å². The number of aromatic amines is 1. The molecule has 5 nitrogen and oxygen atoms in total. The molecule has 0 aliphatic rings. The van der Waals surface area contributed by atoms with Gasteiger partial charge in [-0.25, -0.2) is 4.98 Å². The SMILES string of the molecule is NCc1ccc(C(=O)Nc2cccc(-c3cnc[nH]3)c2)cc1. The molecule has 0 saturated carbocycles. The van der Waals surface area contributed by atoms with Crippen LogP contribution in [-0.4, -0.2) is 15.9 Å². The van der Waals surface area contributed by atoms with Crippen LogP contribution in [0.5, 0.6) is 0 Å². The highest BCUT2D eigenvalue weighted by molar-refractivity contribution is 6.04. The van der Waals surface area contributed by atoms with Crippen molar-refractivity contribution < 1.29 is 4.79 Å². The first-order valence-electron chi connectivity index (χ1n) is 6.95. The van der Waals surface area contributed by atoms with Crippen molar-refractivity contribution in [3.05, 3.63) is 72.2 Å². The van der Waals surface area contributed by atoms with Gasteiger partial charge in [-0.2, -0.15) is 0 Å². The summed E-state index contributed by atoms with van der Waals surface area (Å²) in [5.74, 6) is -0.148. The zero-order valence-corrected chi connectivity index (χ0v) is 11.9. The predicted molar refractivity (Wildman–Crippen MR) is 86.3 cm³/mol. The molecule has 0 radical (unpaired) electrons. The number of nitrogens with two attached hydrogens (primary N) is 1. The molecule has 0 saturated heterocycles. The van der Waals surface area contributed by atoms with E-state index in [4.69, 9.17) is 5.73 Å². The van der Waals surface area contributed by atoms with E-state index in [-0.39, 0.29) is 5.91 Å². The van der Waals surface area contributed by atoms with Crippen LogP contribution >= 0.6 is 0 Å². The summed E-state index contributed by atoms with van der Waals surface area (Å²) < 4.78 is 0. The third-order valence-corrected chi connectivity index (χ3v) is 3.38. The van der Waals surface area contributed by atoms with Gasteiger partial charge < -0.3 is 16.0 Å². The van der Waals surface area contributed by atoms with Crippen LogP contribution in [0.25, 0.3) is 11.3 Å². The fourth-order valence-corrected chi connectivity index (χ4v) is 2.17. The van der Waals surface area contributed by atoms with Crippen LogP contribution in [-0.2, 0) is 6.54 Å². The number of anilines is 1. The molecule has 4 N–H and O–H groups in total. The topological polar surface area (TPSA) is 83.8 Å². The Morgan fingerprint density at radius 1 is 1.18 bits per heavy atom. The molecule has 110 valence electrons. The van der Waals surface area contributed by atoms with Crippen molar-refractivity contribution in [2.45, 2.75) is 6.54 Å². The smallest absolute Gasteiger partial charge is 0.255 e. The van der Waals surface area contributed by atoms with Crippen LogP contribution in [0.4, 0.5) is 5.69 Å². The Hall–Kier alpha value is -2.92. The first kappa shape index (κ1) is 14.0. The molecular weight excluding hydrogens is 276 g/mol. The lowest BCUT2D eigenvalue weighted by molar-refractivity contribution is 0.102. The summed E-state index contributed by atoms with van der Waals surface area (Å²) in [6.45, 7) is 0.466. The normalized spacial score (nSPS) is 10.4. The number of hydrogen-bond donors (Lipinski definition) is 3. The van der Waals surface area contributed by atoms with E-state index in [1.165, 1.54) is 0 Å². The number of carbonyl (C=O) groups is 1. The third-order valence-electron chi connectivity index (χ3n) is 3.38. The highest BCUT2D eigenvalue weighted by atomic mass is 16.1. The number of benzene rings is 2. The molecule has 0 spiro atoms. The maximum Gasteiger partial charge on any atom is 0.255 e. The van der Waals surface area contributed by atoms with Crippen LogP contribution in [0.2, 0.25) is 0 Å². The van der Waals surface area contributed by atoms with Crippen LogP contribution in [0.3, 0.4) is 0 Å². The molecule has 0 atom stereocenters. The standard InChI is InChI=1S/C17H16N4O/c18-9-12-4-6-13(7-5-12)17(22)21-15-3-1-2-14(8-15)16-10-19-11-20-16/h1-8,10-11H,9,18H2,(H,19,20)(H,21,22). The maximum absolute atomic E-state index is 12.2. The van der Waals surface area contributed by atoms with E-state index in [1.54, 1.807) is 24.7 Å². The summed E-state index contributed by atoms with van der Waals surface area (Å²) in [6, 6.07) is 14.9. The number of carbonyl (C=O) groups excluding carboxylic acids is 1. The Morgan fingerprint density at radius 3 is 2.68 bits per heavy atom. The van der Waals surface area contributed by atoms with E-state index in [9.17, 15) is 4.79 Å². The molecule has 2 aromatic carbocycles. The number of amides is 1. The number of rotatable bonds is 4. The Bertz CT molecular complexity index is 764. The Balaban J connectivity index is 1.77. The second kappa shape index (κ2) is 6.24. The summed E-state index contributed by atoms with van der Waals surface area (Å²) in [6.07, 6.45) is 3.37. The summed E-state index contributed by atoms with van der Waals surface area (Å²) in [5.41, 5.74) is 9.76. The van der Waals surface area contributed by atoms with E-state index < -0.39 is 0 Å². The molecule has 1 heterocycles. The van der Waals surface area contributed by atoms with Gasteiger partial charge in [0.25, 0.3) is 5.91 Å². The monoisotopic (exact) mass is 292 g/mol. The zero-order chi connectivity index (χ0) is 15.4. The van der Waals surface area contributed by atoms with Crippen LogP contribution in [0, 0.1) is 0 Å². The average molecular weight is 292 g/mol. The molecule has 1 aromatic heterocycles. The minimum absolute atomic E-state index is 0.148. The number of nitrogens with one attached hydrogen (secondary N) is 2. The molecule has 5 heteroatoms. The summed E-state index contributed by atoms with van der Waals surface area (Å²) in [7, 11) is 0. The van der Waals surface area contributed by atoms with E-state index >= 15 is 0 Å². The highest BCUT2D eigenvalue weighted by Gasteiger charge is 2.07. The fraction of sp³-hybridized carbons (Fsp3) is 0.0588. The quantitative estimate of drug-likeness (QED) is 0.691. The molecule has 0 unspecified atom stereocenters. The van der Waals surface area contributed by atoms with Gasteiger partial charge >= 0.3 is 0 Å². The molecular formula is C17H16N4O.